The Morgan fingerprint density at radius 2 is 1.58 bits per heavy atom. The molecule has 69 heavy (non-hydrogen) atoms. The molecule has 0 spiro atoms. The maximum absolute atomic E-state index is 17.5. The van der Waals surface area contributed by atoms with Gasteiger partial charge in [-0.05, 0) is 79.7 Å². The van der Waals surface area contributed by atoms with Gasteiger partial charge in [0.15, 0.2) is 5.82 Å². The fourth-order valence-corrected chi connectivity index (χ4v) is 16.4. The van der Waals surface area contributed by atoms with Crippen LogP contribution in [0.15, 0.2) is 109 Å². The molecule has 2 bridgehead atoms. The quantitative estimate of drug-likeness (QED) is 0.0757. The lowest BCUT2D eigenvalue weighted by molar-refractivity contribution is 0.0122. The highest BCUT2D eigenvalue weighted by Gasteiger charge is 2.55. The second-order valence-corrected chi connectivity index (χ2v) is 25.7. The summed E-state index contributed by atoms with van der Waals surface area (Å²) in [4.78, 5) is 34.6. The van der Waals surface area contributed by atoms with E-state index in [9.17, 15) is 4.79 Å². The second kappa shape index (κ2) is 17.6. The third-order valence-electron chi connectivity index (χ3n) is 14.8. The molecule has 4 fully saturated rings. The maximum atomic E-state index is 17.5. The highest BCUT2D eigenvalue weighted by Crippen LogP contribution is 2.46. The number of aromatic nitrogens is 3. The largest absolute Gasteiger partial charge is 0.461 e. The van der Waals surface area contributed by atoms with Crippen molar-refractivity contribution in [2.24, 2.45) is 0 Å². The first-order chi connectivity index (χ1) is 33.0. The van der Waals surface area contributed by atoms with Gasteiger partial charge < -0.3 is 18.8 Å². The zero-order chi connectivity index (χ0) is 48.5. The van der Waals surface area contributed by atoms with Gasteiger partial charge in [-0.3, -0.25) is 14.8 Å². The summed E-state index contributed by atoms with van der Waals surface area (Å²) >= 11 is 0. The number of rotatable bonds is 10. The normalized spacial score (nSPS) is 21.8. The van der Waals surface area contributed by atoms with Gasteiger partial charge in [-0.2, -0.15) is 9.97 Å². The summed E-state index contributed by atoms with van der Waals surface area (Å²) in [6.45, 7) is 19.4. The number of terminal acetylenes is 1. The molecular formula is C56H60F2N6O4Si. The molecule has 6 aromatic rings. The predicted molar refractivity (Wildman–Crippen MR) is 271 cm³/mol. The Kier molecular flexibility index (Phi) is 11.9. The summed E-state index contributed by atoms with van der Waals surface area (Å²) in [6.07, 6.45) is 11.2. The van der Waals surface area contributed by atoms with E-state index in [0.29, 0.717) is 53.8 Å². The van der Waals surface area contributed by atoms with Crippen molar-refractivity contribution in [2.45, 2.75) is 108 Å². The molecule has 0 radical (unpaired) electrons. The second-order valence-electron chi connectivity index (χ2n) is 21.4. The summed E-state index contributed by atoms with van der Waals surface area (Å²) in [5.41, 5.74) is 0.450. The van der Waals surface area contributed by atoms with E-state index >= 15 is 8.78 Å². The Bertz CT molecular complexity index is 2950. The van der Waals surface area contributed by atoms with Crippen molar-refractivity contribution in [3.05, 3.63) is 127 Å². The number of piperazine rings is 1. The van der Waals surface area contributed by atoms with Gasteiger partial charge in [0.25, 0.3) is 8.32 Å². The van der Waals surface area contributed by atoms with Crippen LogP contribution in [0.2, 0.25) is 5.04 Å². The average Bonchev–Trinajstić information content (AvgIpc) is 3.92. The van der Waals surface area contributed by atoms with Crippen molar-refractivity contribution in [3.8, 4) is 29.6 Å². The van der Waals surface area contributed by atoms with Gasteiger partial charge in [0, 0.05) is 42.8 Å². The van der Waals surface area contributed by atoms with Crippen LogP contribution in [0.4, 0.5) is 19.4 Å². The number of halogens is 2. The summed E-state index contributed by atoms with van der Waals surface area (Å²) in [6, 6.07) is 29.5. The molecule has 10 nitrogen and oxygen atoms in total. The van der Waals surface area contributed by atoms with E-state index < -0.39 is 31.1 Å². The first-order valence-electron chi connectivity index (χ1n) is 24.1. The summed E-state index contributed by atoms with van der Waals surface area (Å²) in [5.74, 6) is 1.67. The van der Waals surface area contributed by atoms with E-state index in [0.717, 1.165) is 37.7 Å². The number of carbonyl (C=O) groups is 1. The number of anilines is 1. The van der Waals surface area contributed by atoms with Crippen LogP contribution in [0, 0.1) is 24.0 Å². The van der Waals surface area contributed by atoms with E-state index in [2.05, 4.69) is 109 Å². The number of hydrogen-bond acceptors (Lipinski definition) is 9. The molecule has 1 amide bonds. The third kappa shape index (κ3) is 8.24. The molecule has 6 heterocycles. The number of fused-ring (bicyclic) bond motifs is 5. The fraction of sp³-hybridized carbons (Fsp3) is 0.393. The minimum atomic E-state index is -2.81. The van der Waals surface area contributed by atoms with Crippen LogP contribution >= 0.6 is 0 Å². The van der Waals surface area contributed by atoms with Crippen molar-refractivity contribution >= 4 is 52.3 Å². The van der Waals surface area contributed by atoms with Crippen molar-refractivity contribution in [1.29, 1.82) is 0 Å². The smallest absolute Gasteiger partial charge is 0.410 e. The van der Waals surface area contributed by atoms with E-state index in [1.807, 2.05) is 31.7 Å². The number of benzene rings is 4. The van der Waals surface area contributed by atoms with Crippen LogP contribution < -0.4 is 20.0 Å². The van der Waals surface area contributed by atoms with Gasteiger partial charge in [-0.15, -0.1) is 6.42 Å². The summed E-state index contributed by atoms with van der Waals surface area (Å²) in [5, 5.41) is 3.74. The van der Waals surface area contributed by atoms with Gasteiger partial charge in [0.1, 0.15) is 35.1 Å². The molecule has 4 aliphatic rings. The van der Waals surface area contributed by atoms with Gasteiger partial charge in [0.05, 0.1) is 35.2 Å². The monoisotopic (exact) mass is 946 g/mol. The molecule has 0 N–H and O–H groups in total. The topological polar surface area (TPSA) is 93.2 Å². The summed E-state index contributed by atoms with van der Waals surface area (Å²) < 4.78 is 52.8. The van der Waals surface area contributed by atoms with Crippen molar-refractivity contribution in [1.82, 2.24) is 24.8 Å². The van der Waals surface area contributed by atoms with Crippen molar-refractivity contribution in [3.63, 3.8) is 0 Å². The molecule has 2 aromatic heterocycles. The van der Waals surface area contributed by atoms with Crippen LogP contribution in [-0.2, 0) is 9.16 Å². The Morgan fingerprint density at radius 1 is 0.899 bits per heavy atom. The molecule has 0 unspecified atom stereocenters. The lowest BCUT2D eigenvalue weighted by Gasteiger charge is -2.44. The molecule has 0 saturated carbocycles. The van der Waals surface area contributed by atoms with E-state index in [1.165, 1.54) is 16.4 Å². The number of hydrogen-bond donors (Lipinski definition) is 0. The Labute approximate surface area is 404 Å². The molecule has 10 rings (SSSR count). The Hall–Kier alpha value is -6.20. The van der Waals surface area contributed by atoms with Crippen LogP contribution in [0.25, 0.3) is 32.9 Å². The van der Waals surface area contributed by atoms with Crippen LogP contribution in [-0.4, -0.2) is 101 Å². The zero-order valence-electron chi connectivity index (χ0n) is 40.4. The molecular weight excluding hydrogens is 887 g/mol. The average molecular weight is 947 g/mol. The molecule has 4 aliphatic heterocycles. The molecule has 356 valence electrons. The maximum Gasteiger partial charge on any atom is 0.410 e. The highest BCUT2D eigenvalue weighted by molar-refractivity contribution is 6.99. The molecule has 4 atom stereocenters. The molecule has 4 aromatic carbocycles. The molecule has 0 aliphatic carbocycles. The first-order valence-corrected chi connectivity index (χ1v) is 26.0. The number of nitrogens with zero attached hydrogens (tertiary/aromatic N) is 6. The Morgan fingerprint density at radius 3 is 2.22 bits per heavy atom. The van der Waals surface area contributed by atoms with Crippen molar-refractivity contribution in [2.75, 3.05) is 37.7 Å². The van der Waals surface area contributed by atoms with Crippen LogP contribution in [0.5, 0.6) is 6.01 Å². The number of ether oxygens (including phenoxy) is 2. The van der Waals surface area contributed by atoms with Gasteiger partial charge in [-0.1, -0.05) is 124 Å². The number of carbonyl (C=O) groups excluding carboxylic acids is 1. The lowest BCUT2D eigenvalue weighted by Crippen LogP contribution is -2.67. The standard InChI is InChI=1S/C56H60F2N6O4Si/c1-9-43-46(57)26-23-37-17-16-22-44(47(37)43)49-48(58)50-45(30-59-49)51(62-32-38-24-25-39(33-62)64(38)53(65)68-54(3,4)5)61-52(60-50)66-35-56-28-27-40(63(56)31-36(2)29-56)34-67-69(55(6,7)8,41-18-12-10-13-19-41)42-20-14-11-15-21-42/h1,10-23,26,30,38-40H,2,24-25,27-29,31-35H2,3-8H3/t38-,39+,40-,56-/m0/s1. The molecule has 13 heteroatoms. The first kappa shape index (κ1) is 46.5. The van der Waals surface area contributed by atoms with E-state index in [4.69, 9.17) is 30.3 Å². The highest BCUT2D eigenvalue weighted by atomic mass is 28.4. The summed E-state index contributed by atoms with van der Waals surface area (Å²) in [7, 11) is -2.81. The Balaban J connectivity index is 0.999. The minimum Gasteiger partial charge on any atom is -0.461 e. The van der Waals surface area contributed by atoms with Crippen molar-refractivity contribution < 1.29 is 27.5 Å². The van der Waals surface area contributed by atoms with Gasteiger partial charge in [0.2, 0.25) is 0 Å². The van der Waals surface area contributed by atoms with Crippen LogP contribution in [0.3, 0.4) is 0 Å². The number of pyridine rings is 1. The fourth-order valence-electron chi connectivity index (χ4n) is 11.8. The predicted octanol–water partition coefficient (Wildman–Crippen LogP) is 9.81. The van der Waals surface area contributed by atoms with E-state index in [1.54, 1.807) is 24.4 Å². The van der Waals surface area contributed by atoms with Gasteiger partial charge in [-0.25, -0.2) is 13.6 Å². The lowest BCUT2D eigenvalue weighted by atomic mass is 9.94. The third-order valence-corrected chi connectivity index (χ3v) is 19.8. The zero-order valence-corrected chi connectivity index (χ0v) is 41.4. The van der Waals surface area contributed by atoms with E-state index in [-0.39, 0.29) is 58.6 Å². The number of amides is 1. The molecule has 4 saturated heterocycles. The van der Waals surface area contributed by atoms with Crippen LogP contribution in [0.1, 0.15) is 79.2 Å². The SMILES string of the molecule is C#Cc1c(F)ccc2cccc(-c3ncc4c(N5C[C@H]6CC[C@@H](C5)N6C(=O)OC(C)(C)C)nc(OC[C@@]56CC[C@@H](CO[Si](c7ccccc7)(c7ccccc7)C(C)(C)C)N5CC(=C)C6)nc4c3F)c12. The van der Waals surface area contributed by atoms with Gasteiger partial charge >= 0.3 is 12.1 Å². The minimum absolute atomic E-state index is 0.0167.